The molecule has 3 N–H and O–H groups in total. The van der Waals surface area contributed by atoms with Gasteiger partial charge in [-0.25, -0.2) is 19.9 Å². The molecule has 36 heavy (non-hydrogen) atoms. The first-order chi connectivity index (χ1) is 17.5. The second-order valence-electron chi connectivity index (χ2n) is 9.23. The van der Waals surface area contributed by atoms with Crippen LogP contribution in [0, 0.1) is 6.92 Å². The van der Waals surface area contributed by atoms with E-state index < -0.39 is 0 Å². The van der Waals surface area contributed by atoms with Crippen molar-refractivity contribution in [1.82, 2.24) is 35.1 Å². The van der Waals surface area contributed by atoms with Gasteiger partial charge in [-0.15, -0.1) is 0 Å². The van der Waals surface area contributed by atoms with E-state index in [1.807, 2.05) is 25.1 Å². The number of benzene rings is 1. The minimum atomic E-state index is 0.506. The summed E-state index contributed by atoms with van der Waals surface area (Å²) >= 11 is 0. The Bertz CT molecular complexity index is 1310. The van der Waals surface area contributed by atoms with Gasteiger partial charge in [-0.05, 0) is 62.7 Å². The third kappa shape index (κ3) is 5.99. The number of piperazine rings is 1. The molecule has 9 nitrogen and oxygen atoms in total. The van der Waals surface area contributed by atoms with E-state index in [4.69, 9.17) is 0 Å². The smallest absolute Gasteiger partial charge is 0.229 e. The molecule has 1 aliphatic heterocycles. The monoisotopic (exact) mass is 481 g/mol. The van der Waals surface area contributed by atoms with E-state index in [2.05, 4.69) is 83.9 Å². The van der Waals surface area contributed by atoms with E-state index in [1.165, 1.54) is 5.56 Å². The van der Waals surface area contributed by atoms with E-state index in [-0.39, 0.29) is 0 Å². The molecule has 0 amide bonds. The Morgan fingerprint density at radius 2 is 1.67 bits per heavy atom. The Kier molecular flexibility index (Phi) is 7.11. The van der Waals surface area contributed by atoms with Gasteiger partial charge >= 0.3 is 0 Å². The highest BCUT2D eigenvalue weighted by atomic mass is 15.2. The highest BCUT2D eigenvalue weighted by molar-refractivity contribution is 5.59. The van der Waals surface area contributed by atoms with Crippen LogP contribution in [0.3, 0.4) is 0 Å². The minimum Gasteiger partial charge on any atom is -0.325 e. The lowest BCUT2D eigenvalue weighted by molar-refractivity contribution is 0.139. The molecule has 0 radical (unpaired) electrons. The normalized spacial score (nSPS) is 18.1. The van der Waals surface area contributed by atoms with E-state index in [9.17, 15) is 0 Å². The average Bonchev–Trinajstić information content (AvgIpc) is 2.88. The number of hydrogen-bond donors (Lipinski definition) is 3. The molecule has 9 heteroatoms. The molecule has 0 unspecified atom stereocenters. The molecule has 1 aliphatic rings. The third-order valence-corrected chi connectivity index (χ3v) is 6.17. The predicted molar refractivity (Wildman–Crippen MR) is 142 cm³/mol. The molecule has 3 aromatic heterocycles. The SMILES string of the molecule is Cc1cccc(-c2nccc(Nc3ccnc(Nc4ccc(CN5C[C@H](C)NC[C@@H]5C)cc4)n3)n2)n1. The number of nitrogens with one attached hydrogen (secondary N) is 3. The molecule has 2 atom stereocenters. The maximum atomic E-state index is 4.59. The van der Waals surface area contributed by atoms with Crippen molar-refractivity contribution >= 4 is 23.3 Å². The van der Waals surface area contributed by atoms with Crippen molar-refractivity contribution in [3.05, 3.63) is 78.2 Å². The average molecular weight is 482 g/mol. The summed E-state index contributed by atoms with van der Waals surface area (Å²) in [5.41, 5.74) is 3.88. The molecule has 0 aliphatic carbocycles. The molecule has 5 rings (SSSR count). The fraction of sp³-hybridized carbons (Fsp3) is 0.296. The first-order valence-electron chi connectivity index (χ1n) is 12.2. The van der Waals surface area contributed by atoms with Crippen molar-refractivity contribution in [3.8, 4) is 11.5 Å². The summed E-state index contributed by atoms with van der Waals surface area (Å²) < 4.78 is 0. The zero-order valence-electron chi connectivity index (χ0n) is 20.8. The molecule has 4 heterocycles. The van der Waals surface area contributed by atoms with Gasteiger partial charge in [0, 0.05) is 55.5 Å². The van der Waals surface area contributed by atoms with E-state index in [1.54, 1.807) is 24.5 Å². The van der Waals surface area contributed by atoms with Crippen LogP contribution in [0.25, 0.3) is 11.5 Å². The first kappa shape index (κ1) is 23.8. The maximum Gasteiger partial charge on any atom is 0.229 e. The lowest BCUT2D eigenvalue weighted by atomic mass is 10.1. The van der Waals surface area contributed by atoms with E-state index in [0.29, 0.717) is 35.5 Å². The highest BCUT2D eigenvalue weighted by Crippen LogP contribution is 2.20. The topological polar surface area (TPSA) is 104 Å². The fourth-order valence-corrected chi connectivity index (χ4v) is 4.21. The van der Waals surface area contributed by atoms with Gasteiger partial charge in [0.15, 0.2) is 5.82 Å². The van der Waals surface area contributed by atoms with Gasteiger partial charge in [-0.2, -0.15) is 4.98 Å². The Hall–Kier alpha value is -3.95. The van der Waals surface area contributed by atoms with Crippen molar-refractivity contribution < 1.29 is 0 Å². The van der Waals surface area contributed by atoms with Crippen LogP contribution >= 0.6 is 0 Å². The number of aryl methyl sites for hydroxylation is 1. The van der Waals surface area contributed by atoms with Gasteiger partial charge < -0.3 is 16.0 Å². The van der Waals surface area contributed by atoms with Gasteiger partial charge in [0.25, 0.3) is 0 Å². The predicted octanol–water partition coefficient (Wildman–Crippen LogP) is 4.31. The number of aromatic nitrogens is 5. The Balaban J connectivity index is 1.23. The Morgan fingerprint density at radius 3 is 2.47 bits per heavy atom. The van der Waals surface area contributed by atoms with Gasteiger partial charge in [0.05, 0.1) is 0 Å². The minimum absolute atomic E-state index is 0.506. The van der Waals surface area contributed by atoms with Crippen LogP contribution in [0.4, 0.5) is 23.3 Å². The summed E-state index contributed by atoms with van der Waals surface area (Å²) in [5.74, 6) is 2.33. The van der Waals surface area contributed by atoms with Crippen LogP contribution in [0.1, 0.15) is 25.1 Å². The van der Waals surface area contributed by atoms with Crippen LogP contribution < -0.4 is 16.0 Å². The molecule has 1 fully saturated rings. The van der Waals surface area contributed by atoms with E-state index >= 15 is 0 Å². The molecule has 1 saturated heterocycles. The van der Waals surface area contributed by atoms with E-state index in [0.717, 1.165) is 36.7 Å². The van der Waals surface area contributed by atoms with Crippen molar-refractivity contribution in [3.63, 3.8) is 0 Å². The zero-order chi connectivity index (χ0) is 24.9. The summed E-state index contributed by atoms with van der Waals surface area (Å²) in [6.45, 7) is 9.49. The lowest BCUT2D eigenvalue weighted by Crippen LogP contribution is -2.53. The fourth-order valence-electron chi connectivity index (χ4n) is 4.21. The second kappa shape index (κ2) is 10.8. The summed E-state index contributed by atoms with van der Waals surface area (Å²) in [7, 11) is 0. The van der Waals surface area contributed by atoms with Crippen LogP contribution in [0.15, 0.2) is 67.0 Å². The largest absolute Gasteiger partial charge is 0.325 e. The van der Waals surface area contributed by atoms with Crippen LogP contribution in [-0.2, 0) is 6.54 Å². The summed E-state index contributed by atoms with van der Waals surface area (Å²) in [6.07, 6.45) is 3.42. The summed E-state index contributed by atoms with van der Waals surface area (Å²) in [5, 5.41) is 10.1. The highest BCUT2D eigenvalue weighted by Gasteiger charge is 2.22. The summed E-state index contributed by atoms with van der Waals surface area (Å²) in [6, 6.07) is 18.9. The number of hydrogen-bond acceptors (Lipinski definition) is 9. The van der Waals surface area contributed by atoms with Crippen molar-refractivity contribution in [2.75, 3.05) is 23.7 Å². The standard InChI is InChI=1S/C27H31N9/c1-18-5-4-6-23(31-18)26-28-13-11-24(34-26)33-25-12-14-29-27(35-25)32-22-9-7-21(8-10-22)17-36-16-19(2)30-15-20(36)3/h4-14,19-20,30H,15-17H2,1-3H3,(H2,28,29,32,33,34,35)/t19-,20-/m0/s1. The third-order valence-electron chi connectivity index (χ3n) is 6.17. The van der Waals surface area contributed by atoms with Crippen molar-refractivity contribution in [2.45, 2.75) is 39.4 Å². The van der Waals surface area contributed by atoms with Gasteiger partial charge in [0.1, 0.15) is 17.3 Å². The van der Waals surface area contributed by atoms with Crippen molar-refractivity contribution in [2.24, 2.45) is 0 Å². The molecule has 0 spiro atoms. The Labute approximate surface area is 211 Å². The zero-order valence-corrected chi connectivity index (χ0v) is 20.8. The first-order valence-corrected chi connectivity index (χ1v) is 12.2. The molecule has 1 aromatic carbocycles. The summed E-state index contributed by atoms with van der Waals surface area (Å²) in [4.78, 5) is 24.9. The molecule has 184 valence electrons. The number of anilines is 4. The number of pyridine rings is 1. The van der Waals surface area contributed by atoms with Gasteiger partial charge in [0.2, 0.25) is 5.95 Å². The molecule has 0 bridgehead atoms. The van der Waals surface area contributed by atoms with Gasteiger partial charge in [-0.1, -0.05) is 18.2 Å². The van der Waals surface area contributed by atoms with Crippen molar-refractivity contribution in [1.29, 1.82) is 0 Å². The molecule has 4 aromatic rings. The molecule has 0 saturated carbocycles. The number of rotatable bonds is 7. The second-order valence-corrected chi connectivity index (χ2v) is 9.23. The lowest BCUT2D eigenvalue weighted by Gasteiger charge is -2.37. The Morgan fingerprint density at radius 1 is 0.889 bits per heavy atom. The molecular weight excluding hydrogens is 450 g/mol. The molecular formula is C27H31N9. The maximum absolute atomic E-state index is 4.59. The quantitative estimate of drug-likeness (QED) is 0.356. The number of nitrogens with zero attached hydrogens (tertiary/aromatic N) is 6. The van der Waals surface area contributed by atoms with Crippen LogP contribution in [0.5, 0.6) is 0 Å². The van der Waals surface area contributed by atoms with Crippen LogP contribution in [-0.4, -0.2) is 55.0 Å². The van der Waals surface area contributed by atoms with Gasteiger partial charge in [-0.3, -0.25) is 4.90 Å². The van der Waals surface area contributed by atoms with Crippen LogP contribution in [0.2, 0.25) is 0 Å².